The Morgan fingerprint density at radius 2 is 0.561 bits per heavy atom. The molecule has 6 aromatic carbocycles. The van der Waals surface area contributed by atoms with Gasteiger partial charge in [-0.3, -0.25) is 0 Å². The van der Waals surface area contributed by atoms with Crippen LogP contribution in [0.3, 0.4) is 0 Å². The van der Waals surface area contributed by atoms with Crippen LogP contribution in [0.4, 0.5) is 0 Å². The third-order valence-corrected chi connectivity index (χ3v) is 21.6. The van der Waals surface area contributed by atoms with Gasteiger partial charge in [-0.2, -0.15) is 0 Å². The average Bonchev–Trinajstić information content (AvgIpc) is 3.27. The molecule has 0 fully saturated rings. The summed E-state index contributed by atoms with van der Waals surface area (Å²) in [6.45, 7) is 26.1. The molecule has 0 atom stereocenters. The van der Waals surface area contributed by atoms with Gasteiger partial charge in [0.15, 0.2) is 0 Å². The molecular weight excluding hydrogens is 880 g/mol. The van der Waals surface area contributed by atoms with E-state index in [1.165, 1.54) is 33.4 Å². The fourth-order valence-electron chi connectivity index (χ4n) is 7.43. The van der Waals surface area contributed by atoms with Crippen LogP contribution in [0.2, 0.25) is 0 Å². The summed E-state index contributed by atoms with van der Waals surface area (Å²) >= 11 is 0. The molecule has 6 aromatic rings. The summed E-state index contributed by atoms with van der Waals surface area (Å²) in [6.07, 6.45) is 0. The van der Waals surface area contributed by atoms with Gasteiger partial charge in [0, 0.05) is 0 Å². The van der Waals surface area contributed by atoms with Crippen molar-refractivity contribution in [2.24, 2.45) is 4.52 Å². The van der Waals surface area contributed by atoms with Crippen LogP contribution in [0.1, 0.15) is 152 Å². The van der Waals surface area contributed by atoms with Gasteiger partial charge < -0.3 is 0 Å². The Hall–Kier alpha value is -4.87. The Morgan fingerprint density at radius 3 is 0.803 bits per heavy atom. The van der Waals surface area contributed by atoms with Gasteiger partial charge in [0.1, 0.15) is 0 Å². The monoisotopic (exact) mass is 949 g/mol. The number of nitrogens with zero attached hydrogens (tertiary/aromatic N) is 1. The predicted molar refractivity (Wildman–Crippen MR) is 279 cm³/mol. The van der Waals surface area contributed by atoms with E-state index in [0.29, 0.717) is 70.0 Å². The van der Waals surface area contributed by atoms with E-state index in [9.17, 15) is 0 Å². The molecule has 12 heteroatoms. The normalized spacial score (nSPS) is 16.2. The van der Waals surface area contributed by atoms with Crippen LogP contribution >= 0.6 is 23.7 Å². The standard InChI is InChI=1S/C54H70N3O6P3/c1-37(2)43-13-25-49(26-14-43)58-64(59-50-27-15-44(16-28-50)38(3)4)55-65(60-51-29-17-45(18-30-51)39(5)6,61-52-31-19-46(20-32-52)40(7)8)57-66(56-64,62-53-33-21-47(22-34-53)41(9)10)63-54-35-23-48(24-36-54)42(11)12/h13-42,55-56,64-65H,1-12H3. The van der Waals surface area contributed by atoms with E-state index in [2.05, 4.69) is 166 Å². The summed E-state index contributed by atoms with van der Waals surface area (Å²) in [4.78, 5) is 7.53. The zero-order valence-corrected chi connectivity index (χ0v) is 43.6. The topological polar surface area (TPSA) is 91.8 Å². The van der Waals surface area contributed by atoms with Gasteiger partial charge in [0.05, 0.1) is 0 Å². The van der Waals surface area contributed by atoms with Crippen LogP contribution in [0.5, 0.6) is 34.5 Å². The summed E-state index contributed by atoms with van der Waals surface area (Å²) < 4.78 is 49.2. The fourth-order valence-corrected chi connectivity index (χ4v) is 19.0. The molecule has 0 bridgehead atoms. The summed E-state index contributed by atoms with van der Waals surface area (Å²) in [5.41, 5.74) is 7.04. The Labute approximate surface area is 395 Å². The Bertz CT molecular complexity index is 2380. The van der Waals surface area contributed by atoms with Crippen molar-refractivity contribution >= 4 is 23.7 Å². The van der Waals surface area contributed by atoms with Crippen LogP contribution in [-0.2, 0) is 0 Å². The van der Waals surface area contributed by atoms with Crippen molar-refractivity contribution in [2.75, 3.05) is 0 Å². The van der Waals surface area contributed by atoms with Gasteiger partial charge in [-0.25, -0.2) is 0 Å². The second kappa shape index (κ2) is 21.0. The third-order valence-electron chi connectivity index (χ3n) is 11.6. The van der Waals surface area contributed by atoms with Crippen LogP contribution in [-0.4, -0.2) is 0 Å². The summed E-state index contributed by atoms with van der Waals surface area (Å²) in [5.74, 6) is 5.23. The van der Waals surface area contributed by atoms with Crippen molar-refractivity contribution in [3.63, 3.8) is 0 Å². The number of hydrogen-bond donors (Lipinski definition) is 2. The maximum atomic E-state index is 7.30. The van der Waals surface area contributed by atoms with Crippen LogP contribution in [0.25, 0.3) is 0 Å². The second-order valence-electron chi connectivity index (χ2n) is 19.0. The number of benzene rings is 6. The van der Waals surface area contributed by atoms with Crippen molar-refractivity contribution < 1.29 is 27.1 Å². The second-order valence-corrected chi connectivity index (χ2v) is 26.3. The number of nitrogens with one attached hydrogen (secondary N) is 2. The SMILES string of the molecule is CC(C)c1ccc(OP2(Oc3ccc(C(C)C)cc3)=N[PH](Oc3ccc(C(C)C)cc3)(Oc3ccc(C(C)C)cc3)N[PH](Oc3ccc(C(C)C)cc3)(Oc3ccc(C(C)C)cc3)N2)cc1. The van der Waals surface area contributed by atoms with E-state index in [1.54, 1.807) is 0 Å². The fraction of sp³-hybridized carbons (Fsp3) is 0.333. The molecule has 0 amide bonds. The van der Waals surface area contributed by atoms with E-state index >= 15 is 0 Å². The molecule has 0 radical (unpaired) electrons. The molecule has 0 unspecified atom stereocenters. The Morgan fingerprint density at radius 1 is 0.333 bits per heavy atom. The van der Waals surface area contributed by atoms with Gasteiger partial charge >= 0.3 is 397 Å². The van der Waals surface area contributed by atoms with E-state index in [0.717, 1.165) is 0 Å². The Balaban J connectivity index is 1.51. The van der Waals surface area contributed by atoms with E-state index in [1.807, 2.05) is 72.8 Å². The molecule has 1 heterocycles. The summed E-state index contributed by atoms with van der Waals surface area (Å²) in [5, 5.41) is 0. The quantitative estimate of drug-likeness (QED) is 0.0824. The maximum absolute atomic E-state index is 7.30. The molecule has 66 heavy (non-hydrogen) atoms. The molecule has 0 aliphatic carbocycles. The van der Waals surface area contributed by atoms with Crippen LogP contribution < -0.4 is 36.9 Å². The molecular formula is C54H70N3O6P3. The van der Waals surface area contributed by atoms with Crippen molar-refractivity contribution in [1.29, 1.82) is 0 Å². The molecule has 7 rings (SSSR count). The molecule has 0 spiro atoms. The van der Waals surface area contributed by atoms with Crippen molar-refractivity contribution in [2.45, 2.75) is 119 Å². The van der Waals surface area contributed by atoms with E-state index < -0.39 is 23.7 Å². The van der Waals surface area contributed by atoms with Gasteiger partial charge in [0.25, 0.3) is 0 Å². The zero-order chi connectivity index (χ0) is 47.2. The molecule has 2 N–H and O–H groups in total. The first-order chi connectivity index (χ1) is 31.4. The van der Waals surface area contributed by atoms with Crippen LogP contribution in [0, 0.1) is 0 Å². The summed E-state index contributed by atoms with van der Waals surface area (Å²) in [6, 6.07) is 48.5. The van der Waals surface area contributed by atoms with Crippen molar-refractivity contribution in [3.05, 3.63) is 179 Å². The Kier molecular flexibility index (Phi) is 15.6. The molecule has 0 saturated heterocycles. The molecule has 9 nitrogen and oxygen atoms in total. The first kappa shape index (κ1) is 49.0. The molecule has 0 saturated carbocycles. The molecule has 352 valence electrons. The van der Waals surface area contributed by atoms with E-state index in [-0.39, 0.29) is 0 Å². The molecule has 0 aromatic heterocycles. The average molecular weight is 950 g/mol. The van der Waals surface area contributed by atoms with E-state index in [4.69, 9.17) is 31.7 Å². The van der Waals surface area contributed by atoms with Gasteiger partial charge in [-0.15, -0.1) is 0 Å². The third kappa shape index (κ3) is 12.4. The van der Waals surface area contributed by atoms with Gasteiger partial charge in [0.2, 0.25) is 0 Å². The first-order valence-corrected chi connectivity index (χ1v) is 28.5. The zero-order valence-electron chi connectivity index (χ0n) is 40.7. The predicted octanol–water partition coefficient (Wildman–Crippen LogP) is 17.2. The van der Waals surface area contributed by atoms with Crippen molar-refractivity contribution in [3.8, 4) is 34.5 Å². The minimum atomic E-state index is -4.33. The molecule has 1 aliphatic rings. The van der Waals surface area contributed by atoms with Crippen LogP contribution in [0.15, 0.2) is 150 Å². The minimum absolute atomic E-state index is 0.317. The number of hydrogen-bond acceptors (Lipinski definition) is 9. The van der Waals surface area contributed by atoms with Gasteiger partial charge in [-0.1, -0.05) is 0 Å². The van der Waals surface area contributed by atoms with Gasteiger partial charge in [-0.05, 0) is 0 Å². The van der Waals surface area contributed by atoms with Crippen molar-refractivity contribution in [1.82, 2.24) is 9.72 Å². The molecule has 1 aliphatic heterocycles. The first-order valence-electron chi connectivity index (χ1n) is 23.4. The number of rotatable bonds is 18. The summed E-state index contributed by atoms with van der Waals surface area (Å²) in [7, 11) is -12.4.